The topological polar surface area (TPSA) is 45.0 Å². The van der Waals surface area contributed by atoms with Crippen molar-refractivity contribution < 1.29 is 4.74 Å². The molecular formula is C14H20N2O. The van der Waals surface area contributed by atoms with Crippen molar-refractivity contribution in [1.29, 1.82) is 5.26 Å². The summed E-state index contributed by atoms with van der Waals surface area (Å²) in [6.07, 6.45) is 0.942. The fourth-order valence-electron chi connectivity index (χ4n) is 1.57. The number of nitrogens with zero attached hydrogens (tertiary/aromatic N) is 1. The summed E-state index contributed by atoms with van der Waals surface area (Å²) in [5.74, 6) is 0.722. The summed E-state index contributed by atoms with van der Waals surface area (Å²) < 4.78 is 5.68. The number of aryl methyl sites for hydroxylation is 1. The van der Waals surface area contributed by atoms with Crippen LogP contribution in [0.2, 0.25) is 0 Å². The molecule has 0 unspecified atom stereocenters. The lowest BCUT2D eigenvalue weighted by molar-refractivity contribution is 0.303. The van der Waals surface area contributed by atoms with E-state index in [0.29, 0.717) is 18.2 Å². The standard InChI is InChI=1S/C14H20N2O/c1-11(2)16-8-5-9-17-14-12(3)6-4-7-13(14)10-15/h4,6-7,11,16H,5,8-9H2,1-3H3. The Labute approximate surface area is 103 Å². The molecule has 0 aliphatic carbocycles. The lowest BCUT2D eigenvalue weighted by Gasteiger charge is -2.11. The minimum Gasteiger partial charge on any atom is -0.492 e. The summed E-state index contributed by atoms with van der Waals surface area (Å²) >= 11 is 0. The van der Waals surface area contributed by atoms with Crippen molar-refractivity contribution in [2.24, 2.45) is 0 Å². The van der Waals surface area contributed by atoms with Gasteiger partial charge in [0, 0.05) is 6.04 Å². The Hall–Kier alpha value is -1.53. The van der Waals surface area contributed by atoms with Crippen LogP contribution in [0.1, 0.15) is 31.4 Å². The largest absolute Gasteiger partial charge is 0.492 e. The Morgan fingerprint density at radius 1 is 1.41 bits per heavy atom. The van der Waals surface area contributed by atoms with E-state index in [2.05, 4.69) is 25.2 Å². The van der Waals surface area contributed by atoms with Gasteiger partial charge >= 0.3 is 0 Å². The molecule has 0 aromatic heterocycles. The zero-order valence-electron chi connectivity index (χ0n) is 10.8. The third-order valence-corrected chi connectivity index (χ3v) is 2.45. The monoisotopic (exact) mass is 232 g/mol. The van der Waals surface area contributed by atoms with E-state index < -0.39 is 0 Å². The summed E-state index contributed by atoms with van der Waals surface area (Å²) in [5, 5.41) is 12.3. The number of nitrogens with one attached hydrogen (secondary N) is 1. The zero-order chi connectivity index (χ0) is 12.7. The molecule has 0 bridgehead atoms. The lowest BCUT2D eigenvalue weighted by Crippen LogP contribution is -2.24. The molecule has 0 saturated heterocycles. The van der Waals surface area contributed by atoms with Crippen molar-refractivity contribution in [2.45, 2.75) is 33.2 Å². The molecule has 0 amide bonds. The molecule has 0 aliphatic heterocycles. The van der Waals surface area contributed by atoms with E-state index in [1.54, 1.807) is 6.07 Å². The number of hydrogen-bond acceptors (Lipinski definition) is 3. The van der Waals surface area contributed by atoms with Gasteiger partial charge in [0.05, 0.1) is 12.2 Å². The van der Waals surface area contributed by atoms with Crippen molar-refractivity contribution in [3.05, 3.63) is 29.3 Å². The average molecular weight is 232 g/mol. The zero-order valence-corrected chi connectivity index (χ0v) is 10.8. The smallest absolute Gasteiger partial charge is 0.139 e. The Kier molecular flexibility index (Phi) is 5.51. The molecule has 0 fully saturated rings. The number of hydrogen-bond donors (Lipinski definition) is 1. The van der Waals surface area contributed by atoms with Crippen LogP contribution in [0, 0.1) is 18.3 Å². The van der Waals surface area contributed by atoms with E-state index in [0.717, 1.165) is 24.3 Å². The summed E-state index contributed by atoms with van der Waals surface area (Å²) in [7, 11) is 0. The maximum Gasteiger partial charge on any atom is 0.139 e. The molecule has 3 heteroatoms. The number of rotatable bonds is 6. The van der Waals surface area contributed by atoms with Gasteiger partial charge in [-0.05, 0) is 31.5 Å². The predicted octanol–water partition coefficient (Wildman–Crippen LogP) is 2.63. The van der Waals surface area contributed by atoms with Crippen LogP contribution in [0.4, 0.5) is 0 Å². The number of benzene rings is 1. The van der Waals surface area contributed by atoms with Gasteiger partial charge in [0.25, 0.3) is 0 Å². The van der Waals surface area contributed by atoms with Gasteiger partial charge in [-0.15, -0.1) is 0 Å². The van der Waals surface area contributed by atoms with E-state index in [-0.39, 0.29) is 0 Å². The van der Waals surface area contributed by atoms with Gasteiger partial charge in [-0.3, -0.25) is 0 Å². The Bertz CT molecular complexity index is 394. The molecule has 17 heavy (non-hydrogen) atoms. The van der Waals surface area contributed by atoms with Gasteiger partial charge < -0.3 is 10.1 Å². The number of para-hydroxylation sites is 1. The van der Waals surface area contributed by atoms with Crippen molar-refractivity contribution in [2.75, 3.05) is 13.2 Å². The van der Waals surface area contributed by atoms with Crippen LogP contribution in [0.3, 0.4) is 0 Å². The molecule has 3 nitrogen and oxygen atoms in total. The summed E-state index contributed by atoms with van der Waals surface area (Å²) in [6.45, 7) is 7.78. The molecule has 92 valence electrons. The lowest BCUT2D eigenvalue weighted by atomic mass is 10.1. The molecule has 1 aromatic rings. The van der Waals surface area contributed by atoms with Crippen LogP contribution < -0.4 is 10.1 Å². The van der Waals surface area contributed by atoms with Crippen molar-refractivity contribution >= 4 is 0 Å². The summed E-state index contributed by atoms with van der Waals surface area (Å²) in [5.41, 5.74) is 1.63. The van der Waals surface area contributed by atoms with Gasteiger partial charge in [-0.1, -0.05) is 26.0 Å². The fraction of sp³-hybridized carbons (Fsp3) is 0.500. The van der Waals surface area contributed by atoms with Gasteiger partial charge in [0.2, 0.25) is 0 Å². The van der Waals surface area contributed by atoms with Crippen molar-refractivity contribution in [3.8, 4) is 11.8 Å². The first-order valence-corrected chi connectivity index (χ1v) is 6.01. The highest BCUT2D eigenvalue weighted by atomic mass is 16.5. The first kappa shape index (κ1) is 13.5. The highest BCUT2D eigenvalue weighted by Gasteiger charge is 2.05. The van der Waals surface area contributed by atoms with E-state index in [4.69, 9.17) is 10.00 Å². The molecule has 0 spiro atoms. The number of ether oxygens (including phenoxy) is 1. The second kappa shape index (κ2) is 6.93. The number of nitriles is 1. The average Bonchev–Trinajstić information content (AvgIpc) is 2.30. The third kappa shape index (κ3) is 4.46. The van der Waals surface area contributed by atoms with E-state index in [1.807, 2.05) is 19.1 Å². The third-order valence-electron chi connectivity index (χ3n) is 2.45. The fourth-order valence-corrected chi connectivity index (χ4v) is 1.57. The van der Waals surface area contributed by atoms with Crippen molar-refractivity contribution in [1.82, 2.24) is 5.32 Å². The molecule has 1 N–H and O–H groups in total. The van der Waals surface area contributed by atoms with Gasteiger partial charge in [0.1, 0.15) is 11.8 Å². The van der Waals surface area contributed by atoms with Gasteiger partial charge in [-0.25, -0.2) is 0 Å². The second-order valence-corrected chi connectivity index (χ2v) is 4.37. The van der Waals surface area contributed by atoms with Crippen LogP contribution in [0.25, 0.3) is 0 Å². The highest BCUT2D eigenvalue weighted by molar-refractivity contribution is 5.47. The molecule has 0 aliphatic rings. The van der Waals surface area contributed by atoms with E-state index in [9.17, 15) is 0 Å². The molecule has 0 radical (unpaired) electrons. The summed E-state index contributed by atoms with van der Waals surface area (Å²) in [6, 6.07) is 8.28. The van der Waals surface area contributed by atoms with Crippen molar-refractivity contribution in [3.63, 3.8) is 0 Å². The van der Waals surface area contributed by atoms with E-state index >= 15 is 0 Å². The van der Waals surface area contributed by atoms with Crippen LogP contribution in [0.15, 0.2) is 18.2 Å². The van der Waals surface area contributed by atoms with Crippen LogP contribution in [0.5, 0.6) is 5.75 Å². The highest BCUT2D eigenvalue weighted by Crippen LogP contribution is 2.22. The van der Waals surface area contributed by atoms with Crippen LogP contribution in [-0.2, 0) is 0 Å². The molecule has 0 saturated carbocycles. The maximum absolute atomic E-state index is 8.98. The Balaban J connectivity index is 2.44. The first-order chi connectivity index (χ1) is 8.15. The molecule has 1 aromatic carbocycles. The minimum atomic E-state index is 0.503. The Morgan fingerprint density at radius 3 is 2.82 bits per heavy atom. The molecule has 1 rings (SSSR count). The SMILES string of the molecule is Cc1cccc(C#N)c1OCCCNC(C)C. The van der Waals surface area contributed by atoms with Crippen LogP contribution in [-0.4, -0.2) is 19.2 Å². The molecular weight excluding hydrogens is 212 g/mol. The predicted molar refractivity (Wildman–Crippen MR) is 69.1 cm³/mol. The van der Waals surface area contributed by atoms with E-state index in [1.165, 1.54) is 0 Å². The van der Waals surface area contributed by atoms with Gasteiger partial charge in [0.15, 0.2) is 0 Å². The molecule has 0 heterocycles. The first-order valence-electron chi connectivity index (χ1n) is 6.01. The maximum atomic E-state index is 8.98. The normalized spacial score (nSPS) is 10.3. The minimum absolute atomic E-state index is 0.503. The second-order valence-electron chi connectivity index (χ2n) is 4.37. The van der Waals surface area contributed by atoms with Crippen LogP contribution >= 0.6 is 0 Å². The summed E-state index contributed by atoms with van der Waals surface area (Å²) in [4.78, 5) is 0. The quantitative estimate of drug-likeness (QED) is 0.767. The molecule has 0 atom stereocenters. The van der Waals surface area contributed by atoms with Gasteiger partial charge in [-0.2, -0.15) is 5.26 Å². The Morgan fingerprint density at radius 2 is 2.18 bits per heavy atom.